The monoisotopic (exact) mass is 234 g/mol. The summed E-state index contributed by atoms with van der Waals surface area (Å²) >= 11 is 1.59. The summed E-state index contributed by atoms with van der Waals surface area (Å²) in [4.78, 5) is 5.38. The van der Waals surface area contributed by atoms with Gasteiger partial charge in [-0.15, -0.1) is 0 Å². The molecule has 0 aliphatic carbocycles. The van der Waals surface area contributed by atoms with Gasteiger partial charge in [0.15, 0.2) is 0 Å². The van der Waals surface area contributed by atoms with E-state index in [1.165, 1.54) is 0 Å². The Morgan fingerprint density at radius 3 is 2.94 bits per heavy atom. The number of nitrogens with zero attached hydrogens (tertiary/aromatic N) is 3. The third kappa shape index (κ3) is 2.62. The minimum atomic E-state index is 0.0382. The standard InChI is InChI=1S/C11H14N4S/c1-8(12)9-3-4-13-11(5-9)16-10-6-14-15(2)7-10/h3-8H,12H2,1-2H3/t8-/m0/s1. The lowest BCUT2D eigenvalue weighted by Crippen LogP contribution is -2.04. The van der Waals surface area contributed by atoms with Crippen LogP contribution >= 0.6 is 11.8 Å². The summed E-state index contributed by atoms with van der Waals surface area (Å²) in [7, 11) is 1.90. The summed E-state index contributed by atoms with van der Waals surface area (Å²) in [5, 5.41) is 5.06. The van der Waals surface area contributed by atoms with Crippen LogP contribution in [0, 0.1) is 0 Å². The van der Waals surface area contributed by atoms with E-state index in [1.54, 1.807) is 22.6 Å². The fourth-order valence-electron chi connectivity index (χ4n) is 1.34. The fourth-order valence-corrected chi connectivity index (χ4v) is 2.19. The molecule has 0 aliphatic rings. The van der Waals surface area contributed by atoms with Crippen molar-refractivity contribution in [3.63, 3.8) is 0 Å². The minimum Gasteiger partial charge on any atom is -0.324 e. The van der Waals surface area contributed by atoms with Crippen LogP contribution in [-0.4, -0.2) is 14.8 Å². The molecule has 0 saturated heterocycles. The number of hydrogen-bond acceptors (Lipinski definition) is 4. The van der Waals surface area contributed by atoms with Crippen molar-refractivity contribution in [2.24, 2.45) is 12.8 Å². The quantitative estimate of drug-likeness (QED) is 0.882. The maximum absolute atomic E-state index is 5.83. The number of aromatic nitrogens is 3. The molecular weight excluding hydrogens is 220 g/mol. The van der Waals surface area contributed by atoms with Gasteiger partial charge in [-0.05, 0) is 24.6 Å². The molecule has 0 bridgehead atoms. The van der Waals surface area contributed by atoms with Crippen LogP contribution < -0.4 is 5.73 Å². The predicted octanol–water partition coefficient (Wildman–Crippen LogP) is 1.99. The van der Waals surface area contributed by atoms with Gasteiger partial charge in [0, 0.05) is 25.5 Å². The topological polar surface area (TPSA) is 56.7 Å². The second-order valence-corrected chi connectivity index (χ2v) is 4.76. The molecule has 4 nitrogen and oxygen atoms in total. The zero-order chi connectivity index (χ0) is 11.5. The lowest BCUT2D eigenvalue weighted by molar-refractivity contribution is 0.766. The van der Waals surface area contributed by atoms with Gasteiger partial charge in [-0.2, -0.15) is 5.10 Å². The number of rotatable bonds is 3. The first-order valence-corrected chi connectivity index (χ1v) is 5.85. The minimum absolute atomic E-state index is 0.0382. The zero-order valence-electron chi connectivity index (χ0n) is 9.29. The van der Waals surface area contributed by atoms with Gasteiger partial charge in [-0.1, -0.05) is 11.8 Å². The van der Waals surface area contributed by atoms with E-state index in [9.17, 15) is 0 Å². The average Bonchev–Trinajstić information content (AvgIpc) is 2.64. The van der Waals surface area contributed by atoms with Crippen LogP contribution in [0.15, 0.2) is 40.6 Å². The molecule has 84 valence electrons. The van der Waals surface area contributed by atoms with Gasteiger partial charge in [-0.25, -0.2) is 4.98 Å². The summed E-state index contributed by atoms with van der Waals surface area (Å²) in [6.45, 7) is 1.97. The van der Waals surface area contributed by atoms with Gasteiger partial charge in [0.25, 0.3) is 0 Å². The van der Waals surface area contributed by atoms with Crippen LogP contribution in [0.25, 0.3) is 0 Å². The molecule has 5 heteroatoms. The highest BCUT2D eigenvalue weighted by molar-refractivity contribution is 7.99. The van der Waals surface area contributed by atoms with Crippen LogP contribution in [0.5, 0.6) is 0 Å². The van der Waals surface area contributed by atoms with E-state index in [-0.39, 0.29) is 6.04 Å². The smallest absolute Gasteiger partial charge is 0.101 e. The molecule has 1 atom stereocenters. The van der Waals surface area contributed by atoms with E-state index >= 15 is 0 Å². The Kier molecular flexibility index (Phi) is 3.26. The normalized spacial score (nSPS) is 12.7. The van der Waals surface area contributed by atoms with Crippen LogP contribution in [0.2, 0.25) is 0 Å². The molecule has 2 rings (SSSR count). The number of hydrogen-bond donors (Lipinski definition) is 1. The van der Waals surface area contributed by atoms with Crippen LogP contribution in [-0.2, 0) is 7.05 Å². The van der Waals surface area contributed by atoms with Crippen LogP contribution in [0.3, 0.4) is 0 Å². The second kappa shape index (κ2) is 4.67. The first-order chi connectivity index (χ1) is 7.65. The Morgan fingerprint density at radius 1 is 1.50 bits per heavy atom. The van der Waals surface area contributed by atoms with Crippen molar-refractivity contribution in [3.8, 4) is 0 Å². The van der Waals surface area contributed by atoms with E-state index < -0.39 is 0 Å². The van der Waals surface area contributed by atoms with Crippen molar-refractivity contribution in [3.05, 3.63) is 36.3 Å². The first kappa shape index (κ1) is 11.2. The molecule has 16 heavy (non-hydrogen) atoms. The van der Waals surface area contributed by atoms with E-state index in [0.717, 1.165) is 15.5 Å². The van der Waals surface area contributed by atoms with Crippen molar-refractivity contribution >= 4 is 11.8 Å². The highest BCUT2D eigenvalue weighted by atomic mass is 32.2. The van der Waals surface area contributed by atoms with Gasteiger partial charge in [0.05, 0.1) is 11.1 Å². The van der Waals surface area contributed by atoms with E-state index in [1.807, 2.05) is 38.5 Å². The molecule has 0 radical (unpaired) electrons. The number of pyridine rings is 1. The summed E-state index contributed by atoms with van der Waals surface area (Å²) in [5.74, 6) is 0. The van der Waals surface area contributed by atoms with Crippen LogP contribution in [0.4, 0.5) is 0 Å². The Bertz CT molecular complexity index is 478. The largest absolute Gasteiger partial charge is 0.324 e. The predicted molar refractivity (Wildman–Crippen MR) is 64.2 cm³/mol. The number of aryl methyl sites for hydroxylation is 1. The SMILES string of the molecule is C[C@H](N)c1ccnc(Sc2cnn(C)c2)c1. The highest BCUT2D eigenvalue weighted by Gasteiger charge is 2.04. The molecule has 2 heterocycles. The van der Waals surface area contributed by atoms with Gasteiger partial charge in [0.2, 0.25) is 0 Å². The third-order valence-electron chi connectivity index (χ3n) is 2.19. The lowest BCUT2D eigenvalue weighted by atomic mass is 10.1. The van der Waals surface area contributed by atoms with Gasteiger partial charge >= 0.3 is 0 Å². The van der Waals surface area contributed by atoms with Crippen molar-refractivity contribution in [2.75, 3.05) is 0 Å². The lowest BCUT2D eigenvalue weighted by Gasteiger charge is -2.06. The van der Waals surface area contributed by atoms with Crippen molar-refractivity contribution in [2.45, 2.75) is 22.9 Å². The molecule has 2 aromatic rings. The molecule has 2 N–H and O–H groups in total. The second-order valence-electron chi connectivity index (χ2n) is 3.67. The van der Waals surface area contributed by atoms with Crippen molar-refractivity contribution in [1.29, 1.82) is 0 Å². The summed E-state index contributed by atoms with van der Waals surface area (Å²) in [6.07, 6.45) is 5.58. The van der Waals surface area contributed by atoms with Crippen LogP contribution in [0.1, 0.15) is 18.5 Å². The zero-order valence-corrected chi connectivity index (χ0v) is 10.1. The summed E-state index contributed by atoms with van der Waals surface area (Å²) in [6, 6.07) is 4.00. The molecular formula is C11H14N4S. The Morgan fingerprint density at radius 2 is 2.31 bits per heavy atom. The Labute approximate surface area is 98.9 Å². The fraction of sp³-hybridized carbons (Fsp3) is 0.273. The molecule has 0 fully saturated rings. The van der Waals surface area contributed by atoms with E-state index in [0.29, 0.717) is 0 Å². The van der Waals surface area contributed by atoms with Crippen molar-refractivity contribution in [1.82, 2.24) is 14.8 Å². The number of nitrogens with two attached hydrogens (primary N) is 1. The molecule has 0 unspecified atom stereocenters. The van der Waals surface area contributed by atoms with Gasteiger partial charge < -0.3 is 5.73 Å². The average molecular weight is 234 g/mol. The molecule has 0 amide bonds. The van der Waals surface area contributed by atoms with Crippen molar-refractivity contribution < 1.29 is 0 Å². The highest BCUT2D eigenvalue weighted by Crippen LogP contribution is 2.26. The summed E-state index contributed by atoms with van der Waals surface area (Å²) < 4.78 is 1.78. The Hall–Kier alpha value is -1.33. The van der Waals surface area contributed by atoms with E-state index in [4.69, 9.17) is 5.73 Å². The maximum Gasteiger partial charge on any atom is 0.101 e. The Balaban J connectivity index is 2.18. The molecule has 2 aromatic heterocycles. The first-order valence-electron chi connectivity index (χ1n) is 5.03. The molecule has 0 aromatic carbocycles. The third-order valence-corrected chi connectivity index (χ3v) is 3.07. The molecule has 0 aliphatic heterocycles. The summed E-state index contributed by atoms with van der Waals surface area (Å²) in [5.41, 5.74) is 6.93. The molecule has 0 spiro atoms. The maximum atomic E-state index is 5.83. The van der Waals surface area contributed by atoms with Gasteiger partial charge in [0.1, 0.15) is 5.03 Å². The molecule has 0 saturated carbocycles. The van der Waals surface area contributed by atoms with Gasteiger partial charge in [-0.3, -0.25) is 4.68 Å². The van der Waals surface area contributed by atoms with E-state index in [2.05, 4.69) is 10.1 Å².